The van der Waals surface area contributed by atoms with Crippen LogP contribution < -0.4 is 0 Å². The van der Waals surface area contributed by atoms with Gasteiger partial charge >= 0.3 is 0 Å². The van der Waals surface area contributed by atoms with Crippen molar-refractivity contribution < 1.29 is 4.18 Å². The Labute approximate surface area is 56.0 Å². The number of thiol groups is 1. The first kappa shape index (κ1) is 6.43. The SMILES string of the molecule is CC1CC(COS)C1. The molecule has 0 unspecified atom stereocenters. The van der Waals surface area contributed by atoms with Gasteiger partial charge in [-0.05, 0) is 37.6 Å². The predicted molar refractivity (Wildman–Crippen MR) is 36.8 cm³/mol. The quantitative estimate of drug-likeness (QED) is 0.446. The van der Waals surface area contributed by atoms with Gasteiger partial charge in [-0.25, -0.2) is 0 Å². The third-order valence-corrected chi connectivity index (χ3v) is 1.93. The average Bonchev–Trinajstić information content (AvgIpc) is 1.64. The smallest absolute Gasteiger partial charge is 0.0638 e. The first-order valence-corrected chi connectivity index (χ1v) is 3.45. The summed E-state index contributed by atoms with van der Waals surface area (Å²) in [7, 11) is 0. The van der Waals surface area contributed by atoms with Crippen molar-refractivity contribution in [1.82, 2.24) is 0 Å². The Balaban J connectivity index is 1.98. The van der Waals surface area contributed by atoms with Crippen LogP contribution in [0, 0.1) is 11.8 Å². The first-order valence-electron chi connectivity index (χ1n) is 3.09. The highest BCUT2D eigenvalue weighted by molar-refractivity contribution is 7.75. The molecule has 1 aliphatic carbocycles. The highest BCUT2D eigenvalue weighted by Crippen LogP contribution is 2.32. The second kappa shape index (κ2) is 2.74. The molecule has 1 fully saturated rings. The fraction of sp³-hybridized carbons (Fsp3) is 1.00. The van der Waals surface area contributed by atoms with Gasteiger partial charge in [-0.2, -0.15) is 0 Å². The number of hydrogen-bond donors (Lipinski definition) is 1. The van der Waals surface area contributed by atoms with Gasteiger partial charge in [-0.3, -0.25) is 0 Å². The number of hydrogen-bond acceptors (Lipinski definition) is 2. The fourth-order valence-electron chi connectivity index (χ4n) is 1.31. The highest BCUT2D eigenvalue weighted by Gasteiger charge is 2.24. The molecule has 0 aromatic rings. The van der Waals surface area contributed by atoms with E-state index in [-0.39, 0.29) is 0 Å². The predicted octanol–water partition coefficient (Wildman–Crippen LogP) is 1.89. The maximum absolute atomic E-state index is 4.69. The molecule has 0 N–H and O–H groups in total. The van der Waals surface area contributed by atoms with E-state index in [9.17, 15) is 0 Å². The molecular weight excluding hydrogens is 120 g/mol. The molecule has 0 bridgehead atoms. The summed E-state index contributed by atoms with van der Waals surface area (Å²) < 4.78 is 4.69. The van der Waals surface area contributed by atoms with Crippen molar-refractivity contribution in [2.45, 2.75) is 19.8 Å². The normalized spacial score (nSPS) is 36.8. The van der Waals surface area contributed by atoms with Crippen molar-refractivity contribution in [2.24, 2.45) is 11.8 Å². The van der Waals surface area contributed by atoms with E-state index in [4.69, 9.17) is 0 Å². The summed E-state index contributed by atoms with van der Waals surface area (Å²) in [4.78, 5) is 0. The largest absolute Gasteiger partial charge is 0.318 e. The minimum Gasteiger partial charge on any atom is -0.318 e. The zero-order chi connectivity index (χ0) is 5.98. The lowest BCUT2D eigenvalue weighted by molar-refractivity contribution is 0.146. The van der Waals surface area contributed by atoms with Crippen molar-refractivity contribution in [1.29, 1.82) is 0 Å². The summed E-state index contributed by atoms with van der Waals surface area (Å²) in [6, 6.07) is 0. The molecule has 1 saturated carbocycles. The molecule has 48 valence electrons. The molecule has 1 nitrogen and oxygen atoms in total. The van der Waals surface area contributed by atoms with Crippen LogP contribution in [0.15, 0.2) is 0 Å². The Morgan fingerprint density at radius 2 is 2.25 bits per heavy atom. The molecule has 0 atom stereocenters. The molecule has 8 heavy (non-hydrogen) atoms. The molecule has 0 radical (unpaired) electrons. The van der Waals surface area contributed by atoms with Gasteiger partial charge in [0.2, 0.25) is 0 Å². The average molecular weight is 132 g/mol. The van der Waals surface area contributed by atoms with E-state index in [0.29, 0.717) is 0 Å². The Kier molecular flexibility index (Phi) is 2.20. The van der Waals surface area contributed by atoms with Crippen LogP contribution in [0.1, 0.15) is 19.8 Å². The molecule has 0 amide bonds. The standard InChI is InChI=1S/C6H12OS/c1-5-2-6(3-5)4-7-8/h5-6,8H,2-4H2,1H3. The van der Waals surface area contributed by atoms with Crippen LogP contribution in [0.2, 0.25) is 0 Å². The van der Waals surface area contributed by atoms with Crippen molar-refractivity contribution in [2.75, 3.05) is 6.61 Å². The second-order valence-corrected chi connectivity index (χ2v) is 3.00. The Bertz CT molecular complexity index is 66.2. The molecular formula is C6H12OS. The summed E-state index contributed by atoms with van der Waals surface area (Å²) in [6.45, 7) is 3.11. The summed E-state index contributed by atoms with van der Waals surface area (Å²) in [6.07, 6.45) is 2.67. The Hall–Kier alpha value is 0.310. The molecule has 0 aromatic carbocycles. The minimum atomic E-state index is 0.808. The van der Waals surface area contributed by atoms with Gasteiger partial charge in [0.1, 0.15) is 0 Å². The topological polar surface area (TPSA) is 9.23 Å². The molecule has 0 aromatic heterocycles. The summed E-state index contributed by atoms with van der Waals surface area (Å²) in [5.41, 5.74) is 0. The van der Waals surface area contributed by atoms with Gasteiger partial charge in [0, 0.05) is 0 Å². The van der Waals surface area contributed by atoms with Gasteiger partial charge in [0.05, 0.1) is 6.61 Å². The maximum Gasteiger partial charge on any atom is 0.0638 e. The lowest BCUT2D eigenvalue weighted by atomic mass is 9.77. The van der Waals surface area contributed by atoms with Gasteiger partial charge < -0.3 is 4.18 Å². The fourth-order valence-corrected chi connectivity index (χ4v) is 1.52. The lowest BCUT2D eigenvalue weighted by Crippen LogP contribution is -2.24. The number of rotatable bonds is 2. The monoisotopic (exact) mass is 132 g/mol. The zero-order valence-corrected chi connectivity index (χ0v) is 6.03. The van der Waals surface area contributed by atoms with E-state index in [2.05, 4.69) is 24.0 Å². The van der Waals surface area contributed by atoms with E-state index in [1.807, 2.05) is 0 Å². The summed E-state index contributed by atoms with van der Waals surface area (Å²) in [5.74, 6) is 1.74. The van der Waals surface area contributed by atoms with Crippen molar-refractivity contribution in [3.8, 4) is 0 Å². The van der Waals surface area contributed by atoms with Crippen molar-refractivity contribution in [3.63, 3.8) is 0 Å². The van der Waals surface area contributed by atoms with Crippen LogP contribution >= 0.6 is 12.9 Å². The van der Waals surface area contributed by atoms with Crippen LogP contribution in [0.4, 0.5) is 0 Å². The van der Waals surface area contributed by atoms with Gasteiger partial charge in [0.25, 0.3) is 0 Å². The lowest BCUT2D eigenvalue weighted by Gasteiger charge is -2.31. The second-order valence-electron chi connectivity index (χ2n) is 2.74. The van der Waals surface area contributed by atoms with Crippen LogP contribution in [0.5, 0.6) is 0 Å². The van der Waals surface area contributed by atoms with Crippen LogP contribution in [0.3, 0.4) is 0 Å². The van der Waals surface area contributed by atoms with Crippen LogP contribution in [-0.2, 0) is 4.18 Å². The summed E-state index contributed by atoms with van der Waals surface area (Å²) in [5, 5.41) is 0. The van der Waals surface area contributed by atoms with Gasteiger partial charge in [-0.15, -0.1) is 0 Å². The molecule has 0 heterocycles. The van der Waals surface area contributed by atoms with Crippen LogP contribution in [0.25, 0.3) is 0 Å². The molecule has 0 saturated heterocycles. The molecule has 2 heteroatoms. The van der Waals surface area contributed by atoms with E-state index in [1.54, 1.807) is 0 Å². The van der Waals surface area contributed by atoms with Gasteiger partial charge in [0.15, 0.2) is 0 Å². The highest BCUT2D eigenvalue weighted by atomic mass is 32.1. The third-order valence-electron chi connectivity index (χ3n) is 1.78. The van der Waals surface area contributed by atoms with E-state index < -0.39 is 0 Å². The Morgan fingerprint density at radius 3 is 2.62 bits per heavy atom. The van der Waals surface area contributed by atoms with E-state index in [0.717, 1.165) is 18.4 Å². The molecule has 0 aliphatic heterocycles. The maximum atomic E-state index is 4.69. The van der Waals surface area contributed by atoms with E-state index in [1.165, 1.54) is 12.8 Å². The molecule has 0 spiro atoms. The van der Waals surface area contributed by atoms with Gasteiger partial charge in [-0.1, -0.05) is 6.92 Å². The van der Waals surface area contributed by atoms with Crippen molar-refractivity contribution in [3.05, 3.63) is 0 Å². The van der Waals surface area contributed by atoms with E-state index >= 15 is 0 Å². The summed E-state index contributed by atoms with van der Waals surface area (Å²) >= 11 is 3.68. The van der Waals surface area contributed by atoms with Crippen LogP contribution in [-0.4, -0.2) is 6.61 Å². The molecule has 1 rings (SSSR count). The Morgan fingerprint density at radius 1 is 1.62 bits per heavy atom. The van der Waals surface area contributed by atoms with Crippen molar-refractivity contribution >= 4 is 12.9 Å². The zero-order valence-electron chi connectivity index (χ0n) is 5.13. The minimum absolute atomic E-state index is 0.808. The molecule has 1 aliphatic rings. The first-order chi connectivity index (χ1) is 3.83. The third kappa shape index (κ3) is 1.39.